The molecule has 1 amide bonds. The van der Waals surface area contributed by atoms with Gasteiger partial charge in [-0.15, -0.1) is 0 Å². The highest BCUT2D eigenvalue weighted by Gasteiger charge is 2.14. The zero-order valence-electron chi connectivity index (χ0n) is 14.7. The third kappa shape index (κ3) is 5.07. The predicted molar refractivity (Wildman–Crippen MR) is 109 cm³/mol. The Morgan fingerprint density at radius 1 is 1.46 bits per heavy atom. The second kappa shape index (κ2) is 9.01. The minimum atomic E-state index is -0.0519. The Morgan fingerprint density at radius 3 is 2.92 bits per heavy atom. The molecule has 1 fully saturated rings. The maximum absolute atomic E-state index is 11.4. The number of anilines is 1. The maximum atomic E-state index is 11.4. The van der Waals surface area contributed by atoms with Crippen LogP contribution in [-0.2, 0) is 4.79 Å². The quantitative estimate of drug-likeness (QED) is 0.458. The third-order valence-electron chi connectivity index (χ3n) is 3.78. The number of amides is 1. The summed E-state index contributed by atoms with van der Waals surface area (Å²) in [6, 6.07) is 5.42. The molecule has 26 heavy (non-hydrogen) atoms. The van der Waals surface area contributed by atoms with Crippen LogP contribution >= 0.6 is 11.6 Å². The molecule has 2 rings (SSSR count). The lowest BCUT2D eigenvalue weighted by Gasteiger charge is -2.24. The fourth-order valence-corrected chi connectivity index (χ4v) is 2.52. The molecule has 0 aliphatic carbocycles. The van der Waals surface area contributed by atoms with Crippen molar-refractivity contribution < 1.29 is 4.79 Å². The van der Waals surface area contributed by atoms with Crippen LogP contribution < -0.4 is 11.1 Å². The SMILES string of the molecule is C=C/C(=N\N1CCNC(=O)C1)C(=C)/C=C\N=C(C)c1cccc(Cl)c1N. The number of aliphatic imine (C=N–C) groups is 1. The van der Waals surface area contributed by atoms with Gasteiger partial charge in [-0.25, -0.2) is 0 Å². The Labute approximate surface area is 158 Å². The fourth-order valence-electron chi connectivity index (χ4n) is 2.35. The first-order valence-corrected chi connectivity index (χ1v) is 8.47. The number of hydrogen-bond acceptors (Lipinski definition) is 5. The van der Waals surface area contributed by atoms with Gasteiger partial charge in [-0.2, -0.15) is 5.10 Å². The zero-order chi connectivity index (χ0) is 19.1. The van der Waals surface area contributed by atoms with E-state index >= 15 is 0 Å². The lowest BCUT2D eigenvalue weighted by atomic mass is 10.1. The molecule has 1 aliphatic heterocycles. The van der Waals surface area contributed by atoms with Crippen LogP contribution in [0.1, 0.15) is 12.5 Å². The van der Waals surface area contributed by atoms with Crippen molar-refractivity contribution in [1.82, 2.24) is 10.3 Å². The molecule has 136 valence electrons. The van der Waals surface area contributed by atoms with Crippen molar-refractivity contribution in [2.24, 2.45) is 10.1 Å². The van der Waals surface area contributed by atoms with Gasteiger partial charge in [0.2, 0.25) is 5.91 Å². The molecule has 1 aromatic carbocycles. The molecule has 0 atom stereocenters. The van der Waals surface area contributed by atoms with Crippen molar-refractivity contribution in [3.63, 3.8) is 0 Å². The number of piperazine rings is 1. The van der Waals surface area contributed by atoms with Gasteiger partial charge in [-0.05, 0) is 30.7 Å². The number of hydrazone groups is 1. The van der Waals surface area contributed by atoms with Gasteiger partial charge < -0.3 is 11.1 Å². The topological polar surface area (TPSA) is 83.1 Å². The number of para-hydroxylation sites is 1. The van der Waals surface area contributed by atoms with Gasteiger partial charge in [0, 0.05) is 24.0 Å². The van der Waals surface area contributed by atoms with Crippen molar-refractivity contribution in [2.75, 3.05) is 25.4 Å². The number of halogens is 1. The second-order valence-corrected chi connectivity index (χ2v) is 6.09. The molecular weight excluding hydrogens is 350 g/mol. The van der Waals surface area contributed by atoms with Crippen LogP contribution in [0.2, 0.25) is 5.02 Å². The van der Waals surface area contributed by atoms with Crippen LogP contribution in [0.4, 0.5) is 5.69 Å². The molecule has 1 saturated heterocycles. The van der Waals surface area contributed by atoms with E-state index < -0.39 is 0 Å². The van der Waals surface area contributed by atoms with Crippen LogP contribution in [0.15, 0.2) is 65.4 Å². The van der Waals surface area contributed by atoms with Gasteiger partial charge in [0.1, 0.15) is 6.54 Å². The minimum absolute atomic E-state index is 0.0519. The van der Waals surface area contributed by atoms with Gasteiger partial charge in [-0.1, -0.05) is 36.9 Å². The summed E-state index contributed by atoms with van der Waals surface area (Å²) in [7, 11) is 0. The molecule has 6 nitrogen and oxygen atoms in total. The van der Waals surface area contributed by atoms with Crippen molar-refractivity contribution in [3.8, 4) is 0 Å². The zero-order valence-corrected chi connectivity index (χ0v) is 15.5. The van der Waals surface area contributed by atoms with E-state index in [1.165, 1.54) is 0 Å². The molecule has 0 aromatic heterocycles. The van der Waals surface area contributed by atoms with Crippen molar-refractivity contribution in [1.29, 1.82) is 0 Å². The Kier molecular flexibility index (Phi) is 6.74. The minimum Gasteiger partial charge on any atom is -0.397 e. The number of hydrogen-bond donors (Lipinski definition) is 2. The number of nitrogens with two attached hydrogens (primary N) is 1. The van der Waals surface area contributed by atoms with Gasteiger partial charge in [0.25, 0.3) is 0 Å². The van der Waals surface area contributed by atoms with E-state index in [1.807, 2.05) is 19.1 Å². The average Bonchev–Trinajstić information content (AvgIpc) is 2.61. The van der Waals surface area contributed by atoms with Crippen LogP contribution in [0.5, 0.6) is 0 Å². The van der Waals surface area contributed by atoms with E-state index in [1.54, 1.807) is 29.4 Å². The van der Waals surface area contributed by atoms with E-state index in [4.69, 9.17) is 17.3 Å². The van der Waals surface area contributed by atoms with Crippen LogP contribution in [0.3, 0.4) is 0 Å². The molecule has 0 spiro atoms. The molecule has 0 saturated carbocycles. The van der Waals surface area contributed by atoms with Crippen LogP contribution in [0.25, 0.3) is 0 Å². The summed E-state index contributed by atoms with van der Waals surface area (Å²) >= 11 is 6.03. The Bertz CT molecular complexity index is 810. The van der Waals surface area contributed by atoms with E-state index in [0.29, 0.717) is 35.1 Å². The molecule has 3 N–H and O–H groups in total. The fraction of sp³-hybridized carbons (Fsp3) is 0.211. The summed E-state index contributed by atoms with van der Waals surface area (Å²) in [4.78, 5) is 15.8. The number of carbonyl (C=O) groups is 1. The van der Waals surface area contributed by atoms with E-state index in [9.17, 15) is 4.79 Å². The van der Waals surface area contributed by atoms with Gasteiger partial charge in [-0.3, -0.25) is 14.8 Å². The third-order valence-corrected chi connectivity index (χ3v) is 4.11. The van der Waals surface area contributed by atoms with Crippen molar-refractivity contribution in [3.05, 3.63) is 65.9 Å². The van der Waals surface area contributed by atoms with E-state index in [2.05, 4.69) is 28.6 Å². The number of allylic oxidation sites excluding steroid dienone is 3. The summed E-state index contributed by atoms with van der Waals surface area (Å²) in [5.41, 5.74) is 9.22. The maximum Gasteiger partial charge on any atom is 0.241 e. The number of nitrogen functional groups attached to an aromatic ring is 1. The van der Waals surface area contributed by atoms with Crippen molar-refractivity contribution in [2.45, 2.75) is 6.92 Å². The Balaban J connectivity index is 2.10. The lowest BCUT2D eigenvalue weighted by Crippen LogP contribution is -2.45. The lowest BCUT2D eigenvalue weighted by molar-refractivity contribution is -0.124. The summed E-state index contributed by atoms with van der Waals surface area (Å²) in [6.07, 6.45) is 4.96. The Morgan fingerprint density at radius 2 is 2.23 bits per heavy atom. The summed E-state index contributed by atoms with van der Waals surface area (Å²) in [5, 5.41) is 9.36. The van der Waals surface area contributed by atoms with E-state index in [0.717, 1.165) is 11.3 Å². The number of rotatable bonds is 6. The molecule has 0 unspecified atom stereocenters. The normalized spacial score (nSPS) is 15.9. The molecule has 1 aliphatic rings. The molecule has 1 heterocycles. The predicted octanol–water partition coefficient (Wildman–Crippen LogP) is 2.77. The number of carbonyl (C=O) groups excluding carboxylic acids is 1. The first kappa shape index (κ1) is 19.5. The first-order chi connectivity index (χ1) is 12.4. The summed E-state index contributed by atoms with van der Waals surface area (Å²) in [5.74, 6) is -0.0519. The number of nitrogens with one attached hydrogen (secondary N) is 1. The Hall–Kier alpha value is -2.86. The average molecular weight is 372 g/mol. The number of nitrogens with zero attached hydrogens (tertiary/aromatic N) is 3. The monoisotopic (exact) mass is 371 g/mol. The van der Waals surface area contributed by atoms with Gasteiger partial charge in [0.15, 0.2) is 0 Å². The first-order valence-electron chi connectivity index (χ1n) is 8.09. The molecular formula is C19H22ClN5O. The number of benzene rings is 1. The standard InChI is InChI=1S/C19H22ClN5O/c1-4-17(24-25-11-10-23-18(26)12-25)13(2)8-9-22-14(3)15-6-5-7-16(20)19(15)21/h4-9H,1-2,10-12,21H2,3H3,(H,23,26)/b9-8-,22-14?,24-17+. The van der Waals surface area contributed by atoms with Crippen LogP contribution in [0, 0.1) is 0 Å². The van der Waals surface area contributed by atoms with Gasteiger partial charge >= 0.3 is 0 Å². The van der Waals surface area contributed by atoms with Crippen LogP contribution in [-0.4, -0.2) is 42.0 Å². The van der Waals surface area contributed by atoms with Gasteiger partial charge in [0.05, 0.1) is 23.0 Å². The molecule has 1 aromatic rings. The largest absolute Gasteiger partial charge is 0.397 e. The molecule has 7 heteroatoms. The highest BCUT2D eigenvalue weighted by molar-refractivity contribution is 6.34. The molecule has 0 bridgehead atoms. The van der Waals surface area contributed by atoms with E-state index in [-0.39, 0.29) is 12.5 Å². The summed E-state index contributed by atoms with van der Waals surface area (Å²) in [6.45, 7) is 11.0. The smallest absolute Gasteiger partial charge is 0.241 e. The highest BCUT2D eigenvalue weighted by Crippen LogP contribution is 2.23. The van der Waals surface area contributed by atoms with Crippen molar-refractivity contribution >= 4 is 34.6 Å². The molecule has 0 radical (unpaired) electrons. The second-order valence-electron chi connectivity index (χ2n) is 5.68. The summed E-state index contributed by atoms with van der Waals surface area (Å²) < 4.78 is 0. The highest BCUT2D eigenvalue weighted by atomic mass is 35.5.